The number of alkyl halides is 1. The van der Waals surface area contributed by atoms with Gasteiger partial charge in [0.05, 0.1) is 16.8 Å². The molecule has 24 heavy (non-hydrogen) atoms. The van der Waals surface area contributed by atoms with Crippen LogP contribution in [0.5, 0.6) is 0 Å². The average molecular weight is 339 g/mol. The molecule has 1 aromatic carbocycles. The van der Waals surface area contributed by atoms with Gasteiger partial charge in [-0.1, -0.05) is 30.3 Å². The van der Waals surface area contributed by atoms with E-state index >= 15 is 0 Å². The van der Waals surface area contributed by atoms with E-state index in [1.54, 1.807) is 10.9 Å². The molecule has 0 aliphatic carbocycles. The van der Waals surface area contributed by atoms with Gasteiger partial charge in [0.1, 0.15) is 11.6 Å². The summed E-state index contributed by atoms with van der Waals surface area (Å²) in [4.78, 5) is 3.78. The standard InChI is InChI=1S/C17H15ClN6/c1-17(18)9-14(21-16-12(17)10-19-22-16)20-15-8-13(23-24(15)2)11-6-4-3-5-7-11/h3-10,20H,1-2H3. The van der Waals surface area contributed by atoms with Crippen LogP contribution in [0.4, 0.5) is 5.82 Å². The maximum atomic E-state index is 6.57. The number of azo groups is 1. The number of allylic oxidation sites excluding steroid dienone is 1. The second-order valence-corrected chi connectivity index (χ2v) is 6.61. The Morgan fingerprint density at radius 1 is 1.21 bits per heavy atom. The van der Waals surface area contributed by atoms with Gasteiger partial charge < -0.3 is 5.32 Å². The Labute approximate surface area is 144 Å². The quantitative estimate of drug-likeness (QED) is 0.856. The van der Waals surface area contributed by atoms with E-state index in [4.69, 9.17) is 11.6 Å². The van der Waals surface area contributed by atoms with Crippen LogP contribution in [0.15, 0.2) is 75.3 Å². The van der Waals surface area contributed by atoms with Gasteiger partial charge in [0.2, 0.25) is 0 Å². The molecule has 0 amide bonds. The minimum atomic E-state index is -0.691. The van der Waals surface area contributed by atoms with Gasteiger partial charge >= 0.3 is 0 Å². The Bertz CT molecular complexity index is 918. The Hall–Kier alpha value is -2.73. The lowest BCUT2D eigenvalue weighted by molar-refractivity contribution is 0.776. The third-order valence-corrected chi connectivity index (χ3v) is 4.26. The first-order chi connectivity index (χ1) is 11.5. The average Bonchev–Trinajstić information content (AvgIpc) is 3.16. The van der Waals surface area contributed by atoms with Crippen molar-refractivity contribution < 1.29 is 0 Å². The molecule has 6 nitrogen and oxygen atoms in total. The van der Waals surface area contributed by atoms with Crippen LogP contribution in [0.3, 0.4) is 0 Å². The predicted molar refractivity (Wildman–Crippen MR) is 95.0 cm³/mol. The van der Waals surface area contributed by atoms with Gasteiger partial charge in [0.25, 0.3) is 0 Å². The summed E-state index contributed by atoms with van der Waals surface area (Å²) in [6.45, 7) is 1.89. The number of anilines is 1. The van der Waals surface area contributed by atoms with E-state index in [-0.39, 0.29) is 0 Å². The second kappa shape index (κ2) is 5.42. The first-order valence-electron chi connectivity index (χ1n) is 7.52. The Morgan fingerprint density at radius 3 is 2.79 bits per heavy atom. The highest BCUT2D eigenvalue weighted by molar-refractivity contribution is 6.31. The molecule has 1 aromatic heterocycles. The lowest BCUT2D eigenvalue weighted by Gasteiger charge is -2.24. The molecule has 4 rings (SSSR count). The first-order valence-corrected chi connectivity index (χ1v) is 7.89. The molecule has 2 aromatic rings. The van der Waals surface area contributed by atoms with Crippen LogP contribution in [0.25, 0.3) is 11.3 Å². The number of fused-ring (bicyclic) bond motifs is 1. The molecule has 0 radical (unpaired) electrons. The van der Waals surface area contributed by atoms with Crippen molar-refractivity contribution in [1.29, 1.82) is 0 Å². The van der Waals surface area contributed by atoms with Gasteiger partial charge in [-0.2, -0.15) is 10.2 Å². The number of aryl methyl sites for hydroxylation is 1. The largest absolute Gasteiger partial charge is 0.325 e. The van der Waals surface area contributed by atoms with E-state index in [1.165, 1.54) is 0 Å². The predicted octanol–water partition coefficient (Wildman–Crippen LogP) is 4.10. The SMILES string of the molecule is Cn1nc(-c2ccccc2)cc1NC1=CC(C)(Cl)C2=CN=NC2=N1. The van der Waals surface area contributed by atoms with Gasteiger partial charge in [-0.3, -0.25) is 4.68 Å². The molecule has 3 heterocycles. The van der Waals surface area contributed by atoms with Gasteiger partial charge in [0.15, 0.2) is 5.84 Å². The molecule has 0 fully saturated rings. The van der Waals surface area contributed by atoms with Crippen molar-refractivity contribution >= 4 is 23.3 Å². The van der Waals surface area contributed by atoms with Gasteiger partial charge in [-0.05, 0) is 13.0 Å². The van der Waals surface area contributed by atoms with Crippen molar-refractivity contribution in [2.24, 2.45) is 22.3 Å². The van der Waals surface area contributed by atoms with Crippen LogP contribution in [0.1, 0.15) is 6.92 Å². The fourth-order valence-corrected chi connectivity index (χ4v) is 2.93. The zero-order valence-corrected chi connectivity index (χ0v) is 14.0. The summed E-state index contributed by atoms with van der Waals surface area (Å²) < 4.78 is 1.77. The number of hydrogen-bond donors (Lipinski definition) is 1. The Kier molecular flexibility index (Phi) is 3.35. The monoisotopic (exact) mass is 338 g/mol. The molecule has 0 saturated heterocycles. The van der Waals surface area contributed by atoms with Crippen molar-refractivity contribution in [3.05, 3.63) is 60.1 Å². The lowest BCUT2D eigenvalue weighted by atomic mass is 9.98. The number of benzene rings is 1. The summed E-state index contributed by atoms with van der Waals surface area (Å²) in [5, 5.41) is 15.7. The molecule has 7 heteroatoms. The molecular weight excluding hydrogens is 324 g/mol. The van der Waals surface area contributed by atoms with Crippen LogP contribution >= 0.6 is 11.6 Å². The maximum absolute atomic E-state index is 6.57. The zero-order valence-electron chi connectivity index (χ0n) is 13.2. The van der Waals surface area contributed by atoms with Gasteiger partial charge in [-0.15, -0.1) is 16.7 Å². The second-order valence-electron chi connectivity index (χ2n) is 5.83. The summed E-state index contributed by atoms with van der Waals surface area (Å²) in [5.41, 5.74) is 2.76. The number of rotatable bonds is 3. The van der Waals surface area contributed by atoms with Crippen molar-refractivity contribution in [3.8, 4) is 11.3 Å². The van der Waals surface area contributed by atoms with E-state index in [0.29, 0.717) is 11.7 Å². The van der Waals surface area contributed by atoms with Crippen molar-refractivity contribution in [3.63, 3.8) is 0 Å². The number of aliphatic imine (C=N–C) groups is 1. The fourth-order valence-electron chi connectivity index (χ4n) is 2.69. The van der Waals surface area contributed by atoms with Crippen molar-refractivity contribution in [1.82, 2.24) is 9.78 Å². The first kappa shape index (κ1) is 14.8. The number of aromatic nitrogens is 2. The summed E-state index contributed by atoms with van der Waals surface area (Å²) in [6, 6.07) is 12.0. The smallest absolute Gasteiger partial charge is 0.183 e. The van der Waals surface area contributed by atoms with Crippen LogP contribution in [-0.2, 0) is 7.05 Å². The molecule has 1 atom stereocenters. The molecule has 1 N–H and O–H groups in total. The van der Waals surface area contributed by atoms with Crippen molar-refractivity contribution in [2.75, 3.05) is 5.32 Å². The molecule has 2 aliphatic rings. The maximum Gasteiger partial charge on any atom is 0.183 e. The summed E-state index contributed by atoms with van der Waals surface area (Å²) in [6.07, 6.45) is 3.51. The van der Waals surface area contributed by atoms with Gasteiger partial charge in [-0.25, -0.2) is 4.99 Å². The number of hydrogen-bond acceptors (Lipinski definition) is 5. The highest BCUT2D eigenvalue weighted by Gasteiger charge is 2.34. The zero-order chi connectivity index (χ0) is 16.7. The lowest BCUT2D eigenvalue weighted by Crippen LogP contribution is -2.26. The molecule has 120 valence electrons. The van der Waals surface area contributed by atoms with E-state index in [0.717, 1.165) is 22.6 Å². The summed E-state index contributed by atoms with van der Waals surface area (Å²) >= 11 is 6.57. The Balaban J connectivity index is 1.65. The van der Waals surface area contributed by atoms with E-state index in [9.17, 15) is 0 Å². The van der Waals surface area contributed by atoms with Crippen LogP contribution < -0.4 is 5.32 Å². The number of nitrogens with zero attached hydrogens (tertiary/aromatic N) is 5. The van der Waals surface area contributed by atoms with Crippen LogP contribution in [0.2, 0.25) is 0 Å². The molecule has 0 spiro atoms. The number of amidine groups is 1. The van der Waals surface area contributed by atoms with Gasteiger partial charge in [0, 0.05) is 24.3 Å². The van der Waals surface area contributed by atoms with Crippen molar-refractivity contribution in [2.45, 2.75) is 11.8 Å². The topological polar surface area (TPSA) is 66.9 Å². The minimum Gasteiger partial charge on any atom is -0.325 e. The molecule has 2 aliphatic heterocycles. The molecule has 0 bridgehead atoms. The number of nitrogens with one attached hydrogen (secondary N) is 1. The normalized spacial score (nSPS) is 21.9. The minimum absolute atomic E-state index is 0.544. The van der Waals surface area contributed by atoms with E-state index in [2.05, 4.69) is 25.6 Å². The number of halogens is 1. The third-order valence-electron chi connectivity index (χ3n) is 3.95. The molecule has 0 saturated carbocycles. The van der Waals surface area contributed by atoms with E-state index in [1.807, 2.05) is 56.4 Å². The highest BCUT2D eigenvalue weighted by atomic mass is 35.5. The highest BCUT2D eigenvalue weighted by Crippen LogP contribution is 2.36. The Morgan fingerprint density at radius 2 is 2.00 bits per heavy atom. The molecule has 1 unspecified atom stereocenters. The van der Waals surface area contributed by atoms with Crippen LogP contribution in [0, 0.1) is 0 Å². The van der Waals surface area contributed by atoms with Crippen LogP contribution in [-0.4, -0.2) is 20.5 Å². The van der Waals surface area contributed by atoms with E-state index < -0.39 is 4.87 Å². The third kappa shape index (κ3) is 2.55. The fraction of sp³-hybridized carbons (Fsp3) is 0.176. The summed E-state index contributed by atoms with van der Waals surface area (Å²) in [5.74, 6) is 1.99. The summed E-state index contributed by atoms with van der Waals surface area (Å²) in [7, 11) is 1.88. The molecular formula is C17H15ClN6.